The Bertz CT molecular complexity index is 290. The second kappa shape index (κ2) is 8.82. The van der Waals surface area contributed by atoms with E-state index < -0.39 is 0 Å². The topological polar surface area (TPSA) is 53.6 Å². The van der Waals surface area contributed by atoms with E-state index in [4.69, 9.17) is 4.74 Å². The molecule has 0 bridgehead atoms. The Labute approximate surface area is 128 Å². The Kier molecular flexibility index (Phi) is 7.80. The van der Waals surface area contributed by atoms with Gasteiger partial charge in [0.2, 0.25) is 5.91 Å². The summed E-state index contributed by atoms with van der Waals surface area (Å²) in [5.74, 6) is 0.700. The first kappa shape index (κ1) is 17.7. The predicted molar refractivity (Wildman–Crippen MR) is 82.3 cm³/mol. The number of carbonyl (C=O) groups is 1. The molecule has 5 nitrogen and oxygen atoms in total. The number of rotatable bonds is 5. The van der Waals surface area contributed by atoms with E-state index in [2.05, 4.69) is 29.4 Å². The first-order chi connectivity index (χ1) is 9.18. The first-order valence-electron chi connectivity index (χ1n) is 7.51. The molecule has 2 heterocycles. The summed E-state index contributed by atoms with van der Waals surface area (Å²) in [6.45, 7) is 9.72. The van der Waals surface area contributed by atoms with E-state index in [1.165, 1.54) is 0 Å². The number of carbonyl (C=O) groups excluding carboxylic acids is 1. The van der Waals surface area contributed by atoms with Crippen molar-refractivity contribution in [1.82, 2.24) is 15.5 Å². The summed E-state index contributed by atoms with van der Waals surface area (Å²) in [4.78, 5) is 14.5. The number of nitrogens with one attached hydrogen (secondary N) is 2. The van der Waals surface area contributed by atoms with Crippen LogP contribution in [0.25, 0.3) is 0 Å². The fourth-order valence-electron chi connectivity index (χ4n) is 2.93. The third-order valence-electron chi connectivity index (χ3n) is 4.15. The second-order valence-corrected chi connectivity index (χ2v) is 5.85. The standard InChI is InChI=1S/C14H27N3O2.ClH/c1-11(2)13(17-6-8-19-9-7-17)10-16-14(18)12-4-3-5-15-12;/h11-13,15H,3-10H2,1-2H3,(H,16,18);1H. The highest BCUT2D eigenvalue weighted by Gasteiger charge is 2.26. The van der Waals surface area contributed by atoms with Crippen molar-refractivity contribution >= 4 is 18.3 Å². The molecule has 2 unspecified atom stereocenters. The van der Waals surface area contributed by atoms with E-state index in [1.807, 2.05) is 0 Å². The van der Waals surface area contributed by atoms with Crippen molar-refractivity contribution in [2.45, 2.75) is 38.8 Å². The first-order valence-corrected chi connectivity index (χ1v) is 7.51. The molecule has 0 aromatic heterocycles. The van der Waals surface area contributed by atoms with E-state index >= 15 is 0 Å². The molecule has 0 aromatic carbocycles. The molecule has 0 aliphatic carbocycles. The highest BCUT2D eigenvalue weighted by atomic mass is 35.5. The molecule has 1 amide bonds. The zero-order valence-corrected chi connectivity index (χ0v) is 13.4. The molecule has 2 saturated heterocycles. The molecule has 2 aliphatic heterocycles. The van der Waals surface area contributed by atoms with Gasteiger partial charge >= 0.3 is 0 Å². The number of halogens is 1. The molecule has 2 rings (SSSR count). The molecule has 2 atom stereocenters. The van der Waals surface area contributed by atoms with Crippen LogP contribution in [0.2, 0.25) is 0 Å². The second-order valence-electron chi connectivity index (χ2n) is 5.85. The lowest BCUT2D eigenvalue weighted by Gasteiger charge is -2.37. The zero-order chi connectivity index (χ0) is 13.7. The van der Waals surface area contributed by atoms with Gasteiger partial charge in [0.15, 0.2) is 0 Å². The number of morpholine rings is 1. The van der Waals surface area contributed by atoms with Gasteiger partial charge in [-0.1, -0.05) is 13.8 Å². The highest BCUT2D eigenvalue weighted by Crippen LogP contribution is 2.12. The van der Waals surface area contributed by atoms with Gasteiger partial charge in [0.1, 0.15) is 0 Å². The molecule has 0 aromatic rings. The number of hydrogen-bond donors (Lipinski definition) is 2. The van der Waals surface area contributed by atoms with Gasteiger partial charge in [-0.05, 0) is 25.3 Å². The van der Waals surface area contributed by atoms with E-state index in [0.29, 0.717) is 12.0 Å². The lowest BCUT2D eigenvalue weighted by Crippen LogP contribution is -2.52. The van der Waals surface area contributed by atoms with Gasteiger partial charge < -0.3 is 15.4 Å². The Morgan fingerprint density at radius 3 is 2.65 bits per heavy atom. The quantitative estimate of drug-likeness (QED) is 0.782. The van der Waals surface area contributed by atoms with Crippen LogP contribution in [-0.2, 0) is 9.53 Å². The Hall–Kier alpha value is -0.360. The van der Waals surface area contributed by atoms with Gasteiger partial charge in [-0.2, -0.15) is 0 Å². The third kappa shape index (κ3) is 4.88. The summed E-state index contributed by atoms with van der Waals surface area (Å²) in [6.07, 6.45) is 2.07. The van der Waals surface area contributed by atoms with Crippen molar-refractivity contribution in [2.24, 2.45) is 5.92 Å². The molecule has 6 heteroatoms. The predicted octanol–water partition coefficient (Wildman–Crippen LogP) is 0.633. The van der Waals surface area contributed by atoms with Crippen molar-refractivity contribution in [3.05, 3.63) is 0 Å². The number of hydrogen-bond acceptors (Lipinski definition) is 4. The molecular weight excluding hydrogens is 278 g/mol. The van der Waals surface area contributed by atoms with Crippen molar-refractivity contribution in [2.75, 3.05) is 39.4 Å². The molecule has 0 spiro atoms. The summed E-state index contributed by atoms with van der Waals surface area (Å²) >= 11 is 0. The summed E-state index contributed by atoms with van der Waals surface area (Å²) in [6, 6.07) is 0.437. The van der Waals surface area contributed by atoms with Crippen LogP contribution < -0.4 is 10.6 Å². The van der Waals surface area contributed by atoms with Gasteiger partial charge in [-0.15, -0.1) is 12.4 Å². The van der Waals surface area contributed by atoms with Crippen LogP contribution in [0, 0.1) is 5.92 Å². The van der Waals surface area contributed by atoms with Crippen molar-refractivity contribution in [3.63, 3.8) is 0 Å². The number of nitrogens with zero attached hydrogens (tertiary/aromatic N) is 1. The Balaban J connectivity index is 0.00000200. The molecule has 118 valence electrons. The largest absolute Gasteiger partial charge is 0.379 e. The maximum absolute atomic E-state index is 12.0. The van der Waals surface area contributed by atoms with Gasteiger partial charge in [-0.3, -0.25) is 9.69 Å². The molecule has 2 aliphatic rings. The molecular formula is C14H28ClN3O2. The fourth-order valence-corrected chi connectivity index (χ4v) is 2.93. The van der Waals surface area contributed by atoms with Crippen LogP contribution in [-0.4, -0.2) is 62.3 Å². The van der Waals surface area contributed by atoms with Gasteiger partial charge in [-0.25, -0.2) is 0 Å². The lowest BCUT2D eigenvalue weighted by atomic mass is 10.0. The molecule has 0 saturated carbocycles. The monoisotopic (exact) mass is 305 g/mol. The van der Waals surface area contributed by atoms with Crippen molar-refractivity contribution < 1.29 is 9.53 Å². The van der Waals surface area contributed by atoms with Crippen molar-refractivity contribution in [3.8, 4) is 0 Å². The van der Waals surface area contributed by atoms with E-state index in [9.17, 15) is 4.79 Å². The molecule has 20 heavy (non-hydrogen) atoms. The summed E-state index contributed by atoms with van der Waals surface area (Å²) in [7, 11) is 0. The van der Waals surface area contributed by atoms with Crippen LogP contribution in [0.15, 0.2) is 0 Å². The van der Waals surface area contributed by atoms with Crippen LogP contribution in [0.1, 0.15) is 26.7 Å². The smallest absolute Gasteiger partial charge is 0.237 e. The average molecular weight is 306 g/mol. The minimum atomic E-state index is 0. The maximum atomic E-state index is 12.0. The van der Waals surface area contributed by atoms with Crippen LogP contribution in [0.5, 0.6) is 0 Å². The van der Waals surface area contributed by atoms with Gasteiger partial charge in [0.05, 0.1) is 19.3 Å². The fraction of sp³-hybridized carbons (Fsp3) is 0.929. The third-order valence-corrected chi connectivity index (χ3v) is 4.15. The summed E-state index contributed by atoms with van der Waals surface area (Å²) < 4.78 is 5.40. The number of amides is 1. The van der Waals surface area contributed by atoms with Gasteiger partial charge in [0.25, 0.3) is 0 Å². The van der Waals surface area contributed by atoms with E-state index in [-0.39, 0.29) is 24.4 Å². The minimum absolute atomic E-state index is 0. The highest BCUT2D eigenvalue weighted by molar-refractivity contribution is 5.85. The Morgan fingerprint density at radius 1 is 1.40 bits per heavy atom. The minimum Gasteiger partial charge on any atom is -0.379 e. The lowest BCUT2D eigenvalue weighted by molar-refractivity contribution is -0.123. The Morgan fingerprint density at radius 2 is 2.10 bits per heavy atom. The van der Waals surface area contributed by atoms with E-state index in [1.54, 1.807) is 0 Å². The zero-order valence-electron chi connectivity index (χ0n) is 12.6. The maximum Gasteiger partial charge on any atom is 0.237 e. The van der Waals surface area contributed by atoms with E-state index in [0.717, 1.165) is 52.2 Å². The summed E-state index contributed by atoms with van der Waals surface area (Å²) in [5.41, 5.74) is 0. The molecule has 2 fully saturated rings. The molecule has 0 radical (unpaired) electrons. The molecule has 2 N–H and O–H groups in total. The van der Waals surface area contributed by atoms with Crippen LogP contribution in [0.4, 0.5) is 0 Å². The summed E-state index contributed by atoms with van der Waals surface area (Å²) in [5, 5.41) is 6.36. The van der Waals surface area contributed by atoms with Crippen LogP contribution in [0.3, 0.4) is 0 Å². The average Bonchev–Trinajstić information content (AvgIpc) is 2.93. The van der Waals surface area contributed by atoms with Gasteiger partial charge in [0, 0.05) is 25.7 Å². The van der Waals surface area contributed by atoms with Crippen molar-refractivity contribution in [1.29, 1.82) is 0 Å². The van der Waals surface area contributed by atoms with Crippen LogP contribution >= 0.6 is 12.4 Å². The normalized spacial score (nSPS) is 25.2. The number of ether oxygens (including phenoxy) is 1. The SMILES string of the molecule is CC(C)C(CNC(=O)C1CCCN1)N1CCOCC1.Cl.